The molecule has 3 rings (SSSR count). The Balaban J connectivity index is 1.66. The van der Waals surface area contributed by atoms with Crippen LogP contribution in [0.1, 0.15) is 21.1 Å². The second-order valence-electron chi connectivity index (χ2n) is 4.84. The fourth-order valence-corrected chi connectivity index (χ4v) is 2.81. The Hall–Kier alpha value is -2.47. The largest absolute Gasteiger partial charge is 0.350 e. The number of hydrogen-bond acceptors (Lipinski definition) is 4. The van der Waals surface area contributed by atoms with Gasteiger partial charge < -0.3 is 5.32 Å². The number of carbonyl (C=O) groups excluding carboxylic acids is 1. The summed E-state index contributed by atoms with van der Waals surface area (Å²) in [6.45, 7) is 2.39. The minimum atomic E-state index is -0.184. The Bertz CT molecular complexity index is 750. The van der Waals surface area contributed by atoms with Gasteiger partial charge in [-0.15, -0.1) is 16.4 Å². The van der Waals surface area contributed by atoms with Gasteiger partial charge in [0.15, 0.2) is 5.69 Å². The van der Waals surface area contributed by atoms with Crippen molar-refractivity contribution < 1.29 is 4.79 Å². The Morgan fingerprint density at radius 3 is 2.73 bits per heavy atom. The number of hydrogen-bond donors (Lipinski definition) is 1. The van der Waals surface area contributed by atoms with Crippen molar-refractivity contribution in [3.05, 3.63) is 64.1 Å². The van der Waals surface area contributed by atoms with E-state index in [1.807, 2.05) is 41.8 Å². The topological polar surface area (TPSA) is 59.8 Å². The average Bonchev–Trinajstić information content (AvgIpc) is 3.17. The normalized spacial score (nSPS) is 10.6. The molecule has 22 heavy (non-hydrogen) atoms. The molecule has 0 radical (unpaired) electrons. The fraction of sp³-hybridized carbons (Fsp3) is 0.188. The third-order valence-electron chi connectivity index (χ3n) is 3.22. The smallest absolute Gasteiger partial charge is 0.273 e. The number of benzene rings is 1. The number of thiophene rings is 1. The Kier molecular flexibility index (Phi) is 4.29. The lowest BCUT2D eigenvalue weighted by atomic mass is 10.3. The van der Waals surface area contributed by atoms with E-state index in [4.69, 9.17) is 0 Å². The molecule has 0 unspecified atom stereocenters. The average molecular weight is 312 g/mol. The number of nitrogens with one attached hydrogen (secondary N) is 1. The number of para-hydroxylation sites is 1. The van der Waals surface area contributed by atoms with E-state index in [1.54, 1.807) is 18.3 Å². The van der Waals surface area contributed by atoms with Crippen molar-refractivity contribution in [2.45, 2.75) is 13.3 Å². The molecular weight excluding hydrogens is 296 g/mol. The van der Waals surface area contributed by atoms with Crippen molar-refractivity contribution in [2.24, 2.45) is 0 Å². The molecule has 0 aliphatic rings. The summed E-state index contributed by atoms with van der Waals surface area (Å²) in [6.07, 6.45) is 0.829. The molecule has 0 aliphatic carbocycles. The van der Waals surface area contributed by atoms with Crippen LogP contribution in [-0.4, -0.2) is 27.4 Å². The Morgan fingerprint density at radius 1 is 1.18 bits per heavy atom. The van der Waals surface area contributed by atoms with Gasteiger partial charge in [0.25, 0.3) is 5.91 Å². The zero-order chi connectivity index (χ0) is 15.4. The zero-order valence-corrected chi connectivity index (χ0v) is 13.0. The summed E-state index contributed by atoms with van der Waals surface area (Å²) < 4.78 is 0. The predicted octanol–water partition coefficient (Wildman–Crippen LogP) is 2.61. The van der Waals surface area contributed by atoms with Gasteiger partial charge in [0.2, 0.25) is 0 Å². The molecule has 2 heterocycles. The van der Waals surface area contributed by atoms with E-state index in [2.05, 4.69) is 21.6 Å². The molecule has 0 spiro atoms. The van der Waals surface area contributed by atoms with E-state index in [1.165, 1.54) is 9.67 Å². The Morgan fingerprint density at radius 2 is 2.00 bits per heavy atom. The van der Waals surface area contributed by atoms with Crippen LogP contribution in [0.5, 0.6) is 0 Å². The summed E-state index contributed by atoms with van der Waals surface area (Å²) in [5, 5.41) is 13.5. The molecule has 0 atom stereocenters. The number of aryl methyl sites for hydroxylation is 1. The maximum atomic E-state index is 12.2. The van der Waals surface area contributed by atoms with Crippen LogP contribution < -0.4 is 5.32 Å². The number of aromatic nitrogens is 3. The van der Waals surface area contributed by atoms with Crippen molar-refractivity contribution in [3.63, 3.8) is 0 Å². The number of amides is 1. The van der Waals surface area contributed by atoms with Crippen molar-refractivity contribution in [2.75, 3.05) is 6.54 Å². The van der Waals surface area contributed by atoms with Crippen molar-refractivity contribution >= 4 is 17.2 Å². The van der Waals surface area contributed by atoms with E-state index >= 15 is 0 Å². The molecule has 0 aliphatic heterocycles. The maximum Gasteiger partial charge on any atom is 0.273 e. The van der Waals surface area contributed by atoms with E-state index in [9.17, 15) is 4.79 Å². The number of rotatable bonds is 5. The highest BCUT2D eigenvalue weighted by Gasteiger charge is 2.15. The zero-order valence-electron chi connectivity index (χ0n) is 12.2. The molecule has 0 saturated heterocycles. The van der Waals surface area contributed by atoms with Gasteiger partial charge in [0.05, 0.1) is 11.4 Å². The first-order valence-corrected chi connectivity index (χ1v) is 7.92. The molecule has 0 bridgehead atoms. The van der Waals surface area contributed by atoms with Gasteiger partial charge in [0, 0.05) is 11.4 Å². The van der Waals surface area contributed by atoms with Crippen LogP contribution >= 0.6 is 11.3 Å². The molecule has 0 fully saturated rings. The van der Waals surface area contributed by atoms with Gasteiger partial charge in [-0.3, -0.25) is 4.79 Å². The van der Waals surface area contributed by atoms with Crippen molar-refractivity contribution in [3.8, 4) is 5.69 Å². The number of carbonyl (C=O) groups is 1. The highest BCUT2D eigenvalue weighted by atomic mass is 32.1. The van der Waals surface area contributed by atoms with E-state index < -0.39 is 0 Å². The molecule has 0 saturated carbocycles. The summed E-state index contributed by atoms with van der Waals surface area (Å²) in [6, 6.07) is 13.6. The lowest BCUT2D eigenvalue weighted by molar-refractivity contribution is 0.0948. The third-order valence-corrected chi connectivity index (χ3v) is 4.16. The van der Waals surface area contributed by atoms with Crippen LogP contribution in [0.25, 0.3) is 5.69 Å². The van der Waals surface area contributed by atoms with Crippen LogP contribution in [0, 0.1) is 6.92 Å². The minimum Gasteiger partial charge on any atom is -0.350 e. The van der Waals surface area contributed by atoms with Gasteiger partial charge in [-0.25, -0.2) is 0 Å². The highest BCUT2D eigenvalue weighted by Crippen LogP contribution is 2.10. The van der Waals surface area contributed by atoms with Gasteiger partial charge in [0.1, 0.15) is 0 Å². The third kappa shape index (κ3) is 3.23. The minimum absolute atomic E-state index is 0.184. The summed E-state index contributed by atoms with van der Waals surface area (Å²) in [7, 11) is 0. The first-order chi connectivity index (χ1) is 10.7. The van der Waals surface area contributed by atoms with Gasteiger partial charge in [-0.1, -0.05) is 24.3 Å². The van der Waals surface area contributed by atoms with Crippen molar-refractivity contribution in [1.82, 2.24) is 20.3 Å². The van der Waals surface area contributed by atoms with Gasteiger partial charge in [-0.2, -0.15) is 9.90 Å². The van der Waals surface area contributed by atoms with Crippen LogP contribution in [0.2, 0.25) is 0 Å². The Labute approximate surface area is 132 Å². The quantitative estimate of drug-likeness (QED) is 0.788. The number of nitrogens with zero attached hydrogens (tertiary/aromatic N) is 3. The first-order valence-electron chi connectivity index (χ1n) is 7.04. The SMILES string of the molecule is Cc1nn(-c2ccccc2)nc1C(=O)NCCc1cccs1. The van der Waals surface area contributed by atoms with Crippen LogP contribution in [0.15, 0.2) is 47.8 Å². The molecular formula is C16H16N4OS. The predicted molar refractivity (Wildman–Crippen MR) is 86.5 cm³/mol. The van der Waals surface area contributed by atoms with Crippen LogP contribution in [0.4, 0.5) is 0 Å². The molecule has 1 aromatic carbocycles. The lowest BCUT2D eigenvalue weighted by Gasteiger charge is -2.02. The first kappa shape index (κ1) is 14.5. The highest BCUT2D eigenvalue weighted by molar-refractivity contribution is 7.09. The monoisotopic (exact) mass is 312 g/mol. The summed E-state index contributed by atoms with van der Waals surface area (Å²) in [4.78, 5) is 15.0. The van der Waals surface area contributed by atoms with E-state index in [-0.39, 0.29) is 5.91 Å². The fourth-order valence-electron chi connectivity index (χ4n) is 2.10. The van der Waals surface area contributed by atoms with Crippen LogP contribution in [0.3, 0.4) is 0 Å². The summed E-state index contributed by atoms with van der Waals surface area (Å²) >= 11 is 1.69. The van der Waals surface area contributed by atoms with E-state index in [0.717, 1.165) is 12.1 Å². The molecule has 5 nitrogen and oxygen atoms in total. The molecule has 112 valence electrons. The van der Waals surface area contributed by atoms with Gasteiger partial charge in [-0.05, 0) is 36.9 Å². The standard InChI is InChI=1S/C16H16N4OS/c1-12-15(16(21)17-10-9-14-8-5-11-22-14)19-20(18-12)13-6-3-2-4-7-13/h2-8,11H,9-10H2,1H3,(H,17,21). The molecule has 1 amide bonds. The van der Waals surface area contributed by atoms with Crippen molar-refractivity contribution in [1.29, 1.82) is 0 Å². The maximum absolute atomic E-state index is 12.2. The second kappa shape index (κ2) is 6.53. The molecule has 2 aromatic heterocycles. The van der Waals surface area contributed by atoms with E-state index in [0.29, 0.717) is 17.9 Å². The molecule has 3 aromatic rings. The van der Waals surface area contributed by atoms with Gasteiger partial charge >= 0.3 is 0 Å². The second-order valence-corrected chi connectivity index (χ2v) is 5.88. The lowest BCUT2D eigenvalue weighted by Crippen LogP contribution is -2.26. The molecule has 1 N–H and O–H groups in total. The molecule has 6 heteroatoms. The summed E-state index contributed by atoms with van der Waals surface area (Å²) in [5.74, 6) is -0.184. The van der Waals surface area contributed by atoms with Crippen LogP contribution in [-0.2, 0) is 6.42 Å². The summed E-state index contributed by atoms with van der Waals surface area (Å²) in [5.41, 5.74) is 1.83.